The van der Waals surface area contributed by atoms with Crippen LogP contribution in [0.1, 0.15) is 5.56 Å². The lowest BCUT2D eigenvalue weighted by Gasteiger charge is -2.10. The van der Waals surface area contributed by atoms with Gasteiger partial charge < -0.3 is 5.32 Å². The highest BCUT2D eigenvalue weighted by molar-refractivity contribution is 5.91. The summed E-state index contributed by atoms with van der Waals surface area (Å²) in [6.45, 7) is 1.96. The third-order valence-electron chi connectivity index (χ3n) is 3.27. The Morgan fingerprint density at radius 2 is 1.71 bits per heavy atom. The number of hydrogen-bond donors (Lipinski definition) is 1. The van der Waals surface area contributed by atoms with E-state index in [1.807, 2.05) is 25.1 Å². The Morgan fingerprint density at radius 1 is 1.00 bits per heavy atom. The average molecular weight is 285 g/mol. The molecule has 0 radical (unpaired) electrons. The average Bonchev–Trinajstić information content (AvgIpc) is 2.46. The summed E-state index contributed by atoms with van der Waals surface area (Å²) >= 11 is 0. The van der Waals surface area contributed by atoms with Crippen LogP contribution in [0, 0.1) is 18.6 Å². The molecule has 5 heteroatoms. The fourth-order valence-electron chi connectivity index (χ4n) is 2.26. The second-order valence-electron chi connectivity index (χ2n) is 4.76. The van der Waals surface area contributed by atoms with Crippen molar-refractivity contribution in [1.82, 2.24) is 9.97 Å². The van der Waals surface area contributed by atoms with Gasteiger partial charge in [-0.05, 0) is 31.2 Å². The summed E-state index contributed by atoms with van der Waals surface area (Å²) in [6.07, 6.45) is 0. The van der Waals surface area contributed by atoms with Crippen molar-refractivity contribution < 1.29 is 8.78 Å². The molecule has 106 valence electrons. The number of aryl methyl sites for hydroxylation is 1. The van der Waals surface area contributed by atoms with Crippen LogP contribution in [0.2, 0.25) is 0 Å². The minimum absolute atomic E-state index is 0.0336. The first-order valence-corrected chi connectivity index (χ1v) is 6.50. The van der Waals surface area contributed by atoms with Crippen LogP contribution in [-0.2, 0) is 0 Å². The zero-order valence-corrected chi connectivity index (χ0v) is 11.6. The van der Waals surface area contributed by atoms with E-state index in [-0.39, 0.29) is 11.4 Å². The van der Waals surface area contributed by atoms with Crippen LogP contribution in [0.25, 0.3) is 22.3 Å². The van der Waals surface area contributed by atoms with E-state index in [0.29, 0.717) is 11.3 Å². The molecule has 0 aliphatic heterocycles. The van der Waals surface area contributed by atoms with Crippen LogP contribution in [-0.4, -0.2) is 17.0 Å². The van der Waals surface area contributed by atoms with E-state index in [1.54, 1.807) is 7.05 Å². The van der Waals surface area contributed by atoms with Gasteiger partial charge in [-0.1, -0.05) is 17.7 Å². The monoisotopic (exact) mass is 285 g/mol. The fraction of sp³-hybridized carbons (Fsp3) is 0.125. The highest BCUT2D eigenvalue weighted by atomic mass is 19.1. The molecule has 21 heavy (non-hydrogen) atoms. The second-order valence-corrected chi connectivity index (χ2v) is 4.76. The number of aromatic nitrogens is 2. The number of nitrogens with one attached hydrogen (secondary N) is 1. The predicted molar refractivity (Wildman–Crippen MR) is 79.2 cm³/mol. The highest BCUT2D eigenvalue weighted by Crippen LogP contribution is 2.28. The second kappa shape index (κ2) is 5.09. The molecular formula is C16H13F2N3. The molecule has 0 saturated heterocycles. The van der Waals surface area contributed by atoms with Crippen molar-refractivity contribution in [3.05, 3.63) is 53.6 Å². The van der Waals surface area contributed by atoms with Gasteiger partial charge in [0, 0.05) is 12.4 Å². The lowest BCUT2D eigenvalue weighted by atomic mass is 10.1. The Hall–Kier alpha value is -2.56. The van der Waals surface area contributed by atoms with E-state index in [9.17, 15) is 8.78 Å². The van der Waals surface area contributed by atoms with Gasteiger partial charge in [-0.15, -0.1) is 0 Å². The maximum Gasteiger partial charge on any atom is 0.168 e. The first-order chi connectivity index (χ1) is 10.1. The molecule has 0 unspecified atom stereocenters. The van der Waals surface area contributed by atoms with Crippen molar-refractivity contribution in [2.75, 3.05) is 12.4 Å². The Labute approximate surface area is 120 Å². The first kappa shape index (κ1) is 13.4. The molecule has 3 aromatic rings. The topological polar surface area (TPSA) is 37.8 Å². The summed E-state index contributed by atoms with van der Waals surface area (Å²) in [5.74, 6) is -0.778. The van der Waals surface area contributed by atoms with Gasteiger partial charge in [0.2, 0.25) is 0 Å². The SMILES string of the molecule is CNc1nc(-c2c(F)cccc2F)nc2ccc(C)cc12. The molecule has 0 atom stereocenters. The summed E-state index contributed by atoms with van der Waals surface area (Å²) in [7, 11) is 1.71. The van der Waals surface area contributed by atoms with Gasteiger partial charge in [0.05, 0.1) is 11.1 Å². The van der Waals surface area contributed by atoms with E-state index in [1.165, 1.54) is 18.2 Å². The molecule has 1 heterocycles. The van der Waals surface area contributed by atoms with Crippen LogP contribution in [0.3, 0.4) is 0 Å². The first-order valence-electron chi connectivity index (χ1n) is 6.50. The summed E-state index contributed by atoms with van der Waals surface area (Å²) in [5.41, 5.74) is 1.49. The van der Waals surface area contributed by atoms with E-state index in [0.717, 1.165) is 10.9 Å². The Balaban J connectivity index is 2.32. The molecule has 3 rings (SSSR count). The Kier molecular flexibility index (Phi) is 3.25. The summed E-state index contributed by atoms with van der Waals surface area (Å²) in [5, 5.41) is 3.77. The van der Waals surface area contributed by atoms with Gasteiger partial charge in [0.1, 0.15) is 17.5 Å². The van der Waals surface area contributed by atoms with E-state index in [4.69, 9.17) is 0 Å². The number of fused-ring (bicyclic) bond motifs is 1. The number of anilines is 1. The van der Waals surface area contributed by atoms with E-state index >= 15 is 0 Å². The number of halogens is 2. The van der Waals surface area contributed by atoms with Crippen molar-refractivity contribution >= 4 is 16.7 Å². The number of rotatable bonds is 2. The molecule has 2 aromatic carbocycles. The van der Waals surface area contributed by atoms with Crippen LogP contribution < -0.4 is 5.32 Å². The van der Waals surface area contributed by atoms with E-state index in [2.05, 4.69) is 15.3 Å². The van der Waals surface area contributed by atoms with Crippen molar-refractivity contribution in [3.63, 3.8) is 0 Å². The third kappa shape index (κ3) is 2.31. The minimum Gasteiger partial charge on any atom is -0.373 e. The molecule has 0 aliphatic carbocycles. The van der Waals surface area contributed by atoms with Crippen LogP contribution in [0.15, 0.2) is 36.4 Å². The van der Waals surface area contributed by atoms with Gasteiger partial charge in [0.15, 0.2) is 5.82 Å². The summed E-state index contributed by atoms with van der Waals surface area (Å²) < 4.78 is 27.8. The Morgan fingerprint density at radius 3 is 2.38 bits per heavy atom. The molecule has 0 fully saturated rings. The summed E-state index contributed by atoms with van der Waals surface area (Å²) in [6, 6.07) is 9.35. The molecule has 1 N–H and O–H groups in total. The molecule has 0 saturated carbocycles. The third-order valence-corrected chi connectivity index (χ3v) is 3.27. The fourth-order valence-corrected chi connectivity index (χ4v) is 2.26. The smallest absolute Gasteiger partial charge is 0.168 e. The number of hydrogen-bond acceptors (Lipinski definition) is 3. The van der Waals surface area contributed by atoms with Crippen molar-refractivity contribution in [2.45, 2.75) is 6.92 Å². The predicted octanol–water partition coefficient (Wildman–Crippen LogP) is 3.93. The van der Waals surface area contributed by atoms with E-state index < -0.39 is 11.6 Å². The van der Waals surface area contributed by atoms with Crippen molar-refractivity contribution in [3.8, 4) is 11.4 Å². The molecule has 0 spiro atoms. The minimum atomic E-state index is -0.677. The van der Waals surface area contributed by atoms with Gasteiger partial charge in [-0.2, -0.15) is 0 Å². The van der Waals surface area contributed by atoms with Crippen LogP contribution in [0.4, 0.5) is 14.6 Å². The number of benzene rings is 2. The molecular weight excluding hydrogens is 272 g/mol. The van der Waals surface area contributed by atoms with Gasteiger partial charge in [0.25, 0.3) is 0 Å². The van der Waals surface area contributed by atoms with Gasteiger partial charge >= 0.3 is 0 Å². The normalized spacial score (nSPS) is 10.9. The van der Waals surface area contributed by atoms with Gasteiger partial charge in [-0.25, -0.2) is 18.7 Å². The maximum absolute atomic E-state index is 13.9. The van der Waals surface area contributed by atoms with Crippen LogP contribution >= 0.6 is 0 Å². The van der Waals surface area contributed by atoms with Crippen LogP contribution in [0.5, 0.6) is 0 Å². The standard InChI is InChI=1S/C16H13F2N3/c1-9-6-7-13-10(8-9)15(19-2)21-16(20-13)14-11(17)4-3-5-12(14)18/h3-8H,1-2H3,(H,19,20,21). The summed E-state index contributed by atoms with van der Waals surface area (Å²) in [4.78, 5) is 8.54. The zero-order chi connectivity index (χ0) is 15.0. The molecule has 1 aromatic heterocycles. The molecule has 0 amide bonds. The molecule has 0 aliphatic rings. The quantitative estimate of drug-likeness (QED) is 0.775. The molecule has 0 bridgehead atoms. The van der Waals surface area contributed by atoms with Gasteiger partial charge in [-0.3, -0.25) is 0 Å². The largest absolute Gasteiger partial charge is 0.373 e. The maximum atomic E-state index is 13.9. The lowest BCUT2D eigenvalue weighted by Crippen LogP contribution is -2.01. The Bertz CT molecular complexity index is 811. The highest BCUT2D eigenvalue weighted by Gasteiger charge is 2.16. The lowest BCUT2D eigenvalue weighted by molar-refractivity contribution is 0.587. The molecule has 3 nitrogen and oxygen atoms in total. The number of nitrogens with zero attached hydrogens (tertiary/aromatic N) is 2. The van der Waals surface area contributed by atoms with Crippen molar-refractivity contribution in [1.29, 1.82) is 0 Å². The zero-order valence-electron chi connectivity index (χ0n) is 11.6. The van der Waals surface area contributed by atoms with Crippen molar-refractivity contribution in [2.24, 2.45) is 0 Å².